The highest BCUT2D eigenvalue weighted by molar-refractivity contribution is 8.01. The molecule has 3 aromatic carbocycles. The monoisotopic (exact) mass is 799 g/mol. The Morgan fingerprint density at radius 3 is 1.86 bits per heavy atom. The van der Waals surface area contributed by atoms with Crippen LogP contribution in [-0.2, 0) is 19.1 Å². The number of carbonyl (C=O) groups excluding carboxylic acids is 3. The smallest absolute Gasteiger partial charge is 0.371 e. The minimum atomic E-state index is -1.45. The Morgan fingerprint density at radius 2 is 1.35 bits per heavy atom. The standard InChI is InChI=1S/C39H33N3O14S/c1-39(2)32(42-34(46)31(35(42)57-39)41-33(45)30(40)18-8-4-3-5-9-18)38(51)54-19(16-52-22-10-6-12-24-28(22)20(43)14-26(55-24)36(47)48)17-53-23-11-7-13-25-29(23)21(44)15-27(56-25)37(49)50/h3-15,19,30-32,35H,16-17,40H2,1-2H3,(H,41,45)(H,47,48)(H,49,50)/t30?,31-,32?,35?/m1/s1. The molecule has 2 aliphatic heterocycles. The summed E-state index contributed by atoms with van der Waals surface area (Å²) in [4.78, 5) is 90.9. The zero-order chi connectivity index (χ0) is 40.8. The van der Waals surface area contributed by atoms with E-state index in [0.717, 1.165) is 12.1 Å². The van der Waals surface area contributed by atoms with E-state index in [4.69, 9.17) is 28.8 Å². The normalized spacial score (nSPS) is 18.8. The molecular formula is C39H33N3O14S. The molecule has 2 fully saturated rings. The van der Waals surface area contributed by atoms with Crippen LogP contribution in [0.25, 0.3) is 21.9 Å². The first-order valence-corrected chi connectivity index (χ1v) is 18.2. The van der Waals surface area contributed by atoms with Crippen molar-refractivity contribution in [3.8, 4) is 11.5 Å². The number of hydrogen-bond donors (Lipinski definition) is 4. The van der Waals surface area contributed by atoms with E-state index in [1.807, 2.05) is 0 Å². The van der Waals surface area contributed by atoms with E-state index in [-0.39, 0.29) is 33.4 Å². The molecule has 0 spiro atoms. The lowest BCUT2D eigenvalue weighted by molar-refractivity contribution is -0.169. The number of β-lactam (4-membered cyclic amide) rings is 1. The molecule has 2 aliphatic rings. The first kappa shape index (κ1) is 38.6. The van der Waals surface area contributed by atoms with Crippen LogP contribution in [0.15, 0.2) is 97.3 Å². The number of rotatable bonds is 13. The molecule has 294 valence electrons. The fourth-order valence-electron chi connectivity index (χ4n) is 6.70. The molecule has 0 radical (unpaired) electrons. The second-order valence-corrected chi connectivity index (χ2v) is 15.4. The summed E-state index contributed by atoms with van der Waals surface area (Å²) >= 11 is 1.29. The Bertz CT molecular complexity index is 2460. The fraction of sp³-hybridized carbons (Fsp3) is 0.256. The molecule has 57 heavy (non-hydrogen) atoms. The molecule has 7 rings (SSSR count). The number of aromatic carboxylic acids is 2. The predicted molar refractivity (Wildman–Crippen MR) is 201 cm³/mol. The third kappa shape index (κ3) is 7.39. The van der Waals surface area contributed by atoms with Gasteiger partial charge in [-0.25, -0.2) is 14.4 Å². The number of nitrogens with two attached hydrogens (primary N) is 1. The Morgan fingerprint density at radius 1 is 0.825 bits per heavy atom. The summed E-state index contributed by atoms with van der Waals surface area (Å²) in [5.74, 6) is -6.09. The highest BCUT2D eigenvalue weighted by atomic mass is 32.2. The van der Waals surface area contributed by atoms with Crippen LogP contribution in [0, 0.1) is 0 Å². The van der Waals surface area contributed by atoms with E-state index in [1.54, 1.807) is 44.2 Å². The summed E-state index contributed by atoms with van der Waals surface area (Å²) in [7, 11) is 0. The number of nitrogens with zero attached hydrogens (tertiary/aromatic N) is 1. The third-order valence-electron chi connectivity index (χ3n) is 9.39. The maximum atomic E-state index is 14.1. The first-order valence-electron chi connectivity index (χ1n) is 17.3. The molecule has 5 N–H and O–H groups in total. The van der Waals surface area contributed by atoms with Crippen LogP contribution < -0.4 is 31.4 Å². The van der Waals surface area contributed by atoms with Crippen LogP contribution in [-0.4, -0.2) is 86.4 Å². The van der Waals surface area contributed by atoms with Crippen LogP contribution in [0.4, 0.5) is 0 Å². The molecule has 2 saturated heterocycles. The van der Waals surface area contributed by atoms with Crippen LogP contribution in [0.5, 0.6) is 11.5 Å². The molecule has 4 heterocycles. The predicted octanol–water partition coefficient (Wildman–Crippen LogP) is 2.91. The fourth-order valence-corrected chi connectivity index (χ4v) is 8.32. The van der Waals surface area contributed by atoms with Gasteiger partial charge in [0.2, 0.25) is 23.3 Å². The maximum Gasteiger partial charge on any atom is 0.371 e. The van der Waals surface area contributed by atoms with Gasteiger partial charge in [-0.05, 0) is 43.7 Å². The maximum absolute atomic E-state index is 14.1. The average molecular weight is 800 g/mol. The van der Waals surface area contributed by atoms with Crippen molar-refractivity contribution in [2.45, 2.75) is 48.2 Å². The van der Waals surface area contributed by atoms with Gasteiger partial charge in [-0.2, -0.15) is 0 Å². The first-order chi connectivity index (χ1) is 27.1. The van der Waals surface area contributed by atoms with Crippen molar-refractivity contribution in [1.29, 1.82) is 0 Å². The van der Waals surface area contributed by atoms with Crippen molar-refractivity contribution in [1.82, 2.24) is 10.2 Å². The largest absolute Gasteiger partial charge is 0.489 e. The lowest BCUT2D eigenvalue weighted by Crippen LogP contribution is -2.71. The molecule has 5 aromatic rings. The Hall–Kier alpha value is -6.66. The summed E-state index contributed by atoms with van der Waals surface area (Å²) in [6.07, 6.45) is -1.28. The van der Waals surface area contributed by atoms with Gasteiger partial charge in [0.15, 0.2) is 17.0 Å². The molecule has 17 nitrogen and oxygen atoms in total. The number of thioether (sulfide) groups is 1. The molecule has 0 aliphatic carbocycles. The number of carboxylic acid groups (broad SMARTS) is 2. The Labute approximate surface area is 325 Å². The van der Waals surface area contributed by atoms with Crippen LogP contribution in [0.3, 0.4) is 0 Å². The highest BCUT2D eigenvalue weighted by Gasteiger charge is 2.64. The number of hydrogen-bond acceptors (Lipinski definition) is 14. The lowest BCUT2D eigenvalue weighted by Gasteiger charge is -2.44. The molecule has 2 amide bonds. The van der Waals surface area contributed by atoms with Crippen LogP contribution >= 0.6 is 11.8 Å². The Balaban J connectivity index is 1.13. The van der Waals surface area contributed by atoms with E-state index < -0.39 is 99.7 Å². The highest BCUT2D eigenvalue weighted by Crippen LogP contribution is 2.51. The molecule has 0 saturated carbocycles. The molecule has 18 heteroatoms. The van der Waals surface area contributed by atoms with Crippen LogP contribution in [0.1, 0.15) is 46.6 Å². The van der Waals surface area contributed by atoms with E-state index in [0.29, 0.717) is 5.56 Å². The number of esters is 1. The Kier molecular flexibility index (Phi) is 10.2. The van der Waals surface area contributed by atoms with Crippen LogP contribution in [0.2, 0.25) is 0 Å². The molecule has 2 aromatic heterocycles. The lowest BCUT2D eigenvalue weighted by atomic mass is 9.95. The van der Waals surface area contributed by atoms with Crippen molar-refractivity contribution < 1.29 is 57.2 Å². The van der Waals surface area contributed by atoms with Gasteiger partial charge in [-0.15, -0.1) is 11.8 Å². The van der Waals surface area contributed by atoms with Crippen molar-refractivity contribution >= 4 is 63.4 Å². The van der Waals surface area contributed by atoms with Crippen molar-refractivity contribution in [3.05, 3.63) is 116 Å². The SMILES string of the molecule is CC1(C)SC2[C@H](NC(=O)C(N)c3ccccc3)C(=O)N2C1C(=O)OC(COc1cccc2oc(C(=O)O)cc(=O)c12)COc1cccc2oc(C(=O)O)cc(=O)c12. The summed E-state index contributed by atoms with van der Waals surface area (Å²) in [5, 5.41) is 20.6. The number of amides is 2. The van der Waals surface area contributed by atoms with Gasteiger partial charge >= 0.3 is 17.9 Å². The number of fused-ring (bicyclic) bond motifs is 3. The van der Waals surface area contributed by atoms with Gasteiger partial charge in [0.1, 0.15) is 70.2 Å². The van der Waals surface area contributed by atoms with E-state index >= 15 is 0 Å². The molecule has 4 atom stereocenters. The topological polar surface area (TPSA) is 255 Å². The second kappa shape index (κ2) is 15.1. The zero-order valence-electron chi connectivity index (χ0n) is 30.0. The number of nitrogens with one attached hydrogen (secondary N) is 1. The van der Waals surface area contributed by atoms with Gasteiger partial charge in [-0.1, -0.05) is 42.5 Å². The van der Waals surface area contributed by atoms with Gasteiger partial charge < -0.3 is 49.2 Å². The van der Waals surface area contributed by atoms with Gasteiger partial charge in [0, 0.05) is 16.9 Å². The van der Waals surface area contributed by atoms with E-state index in [9.17, 15) is 43.8 Å². The minimum Gasteiger partial charge on any atom is -0.489 e. The zero-order valence-corrected chi connectivity index (χ0v) is 30.8. The summed E-state index contributed by atoms with van der Waals surface area (Å²) in [6, 6.07) is 15.6. The average Bonchev–Trinajstić information content (AvgIpc) is 3.44. The summed E-state index contributed by atoms with van der Waals surface area (Å²) in [5.41, 5.74) is 5.12. The summed E-state index contributed by atoms with van der Waals surface area (Å²) < 4.78 is 27.7. The second-order valence-electron chi connectivity index (χ2n) is 13.6. The summed E-state index contributed by atoms with van der Waals surface area (Å²) in [6.45, 7) is 2.57. The minimum absolute atomic E-state index is 0.0340. The third-order valence-corrected chi connectivity index (χ3v) is 11.0. The van der Waals surface area contributed by atoms with Crippen molar-refractivity contribution in [3.63, 3.8) is 0 Å². The van der Waals surface area contributed by atoms with Gasteiger partial charge in [0.25, 0.3) is 0 Å². The van der Waals surface area contributed by atoms with Crippen molar-refractivity contribution in [2.24, 2.45) is 5.73 Å². The van der Waals surface area contributed by atoms with E-state index in [2.05, 4.69) is 5.32 Å². The van der Waals surface area contributed by atoms with Gasteiger partial charge in [0.05, 0.1) is 0 Å². The number of ether oxygens (including phenoxy) is 3. The van der Waals surface area contributed by atoms with Crippen molar-refractivity contribution in [2.75, 3.05) is 13.2 Å². The number of benzene rings is 3. The quantitative estimate of drug-likeness (QED) is 0.0986. The van der Waals surface area contributed by atoms with E-state index in [1.165, 1.54) is 53.1 Å². The van der Waals surface area contributed by atoms with Gasteiger partial charge in [-0.3, -0.25) is 19.2 Å². The number of carboxylic acids is 2. The molecule has 3 unspecified atom stereocenters. The molecular weight excluding hydrogens is 767 g/mol. The molecule has 0 bridgehead atoms. The number of carbonyl (C=O) groups is 5.